The minimum absolute atomic E-state index is 0.0644. The van der Waals surface area contributed by atoms with Crippen LogP contribution in [0.5, 0.6) is 0 Å². The first-order valence-electron chi connectivity index (χ1n) is 11.0. The van der Waals surface area contributed by atoms with E-state index >= 15 is 0 Å². The summed E-state index contributed by atoms with van der Waals surface area (Å²) in [6.45, 7) is 7.59. The van der Waals surface area contributed by atoms with Gasteiger partial charge in [-0.15, -0.1) is 11.3 Å². The Morgan fingerprint density at radius 2 is 2.09 bits per heavy atom. The lowest BCUT2D eigenvalue weighted by atomic mass is 9.93. The molecule has 1 aliphatic rings. The molecule has 1 saturated heterocycles. The first kappa shape index (κ1) is 20.7. The summed E-state index contributed by atoms with van der Waals surface area (Å²) in [4.78, 5) is 29.0. The van der Waals surface area contributed by atoms with Crippen molar-refractivity contribution in [1.82, 2.24) is 19.9 Å². The van der Waals surface area contributed by atoms with Crippen LogP contribution in [0.1, 0.15) is 51.1 Å². The number of fused-ring (bicyclic) bond motifs is 1. The molecule has 2 N–H and O–H groups in total. The van der Waals surface area contributed by atoms with Gasteiger partial charge in [0.25, 0.3) is 5.91 Å². The van der Waals surface area contributed by atoms with Crippen LogP contribution in [-0.2, 0) is 0 Å². The number of aromatic nitrogens is 3. The van der Waals surface area contributed by atoms with Gasteiger partial charge in [0, 0.05) is 58.1 Å². The predicted molar refractivity (Wildman–Crippen MR) is 130 cm³/mol. The number of carbonyl (C=O) groups excluding carboxylic acids is 1. The molecule has 5 rings (SSSR count). The van der Waals surface area contributed by atoms with Gasteiger partial charge in [0.2, 0.25) is 0 Å². The van der Waals surface area contributed by atoms with Crippen molar-refractivity contribution in [2.75, 3.05) is 18.4 Å². The summed E-state index contributed by atoms with van der Waals surface area (Å²) in [6, 6.07) is 12.2. The second kappa shape index (κ2) is 8.39. The van der Waals surface area contributed by atoms with Crippen molar-refractivity contribution in [2.24, 2.45) is 0 Å². The number of aromatic amines is 1. The molecule has 1 aliphatic heterocycles. The SMILES string of the molecule is Cc1cc(Nc2ncc(C)s2)cc([C@@H]2CCCN(C(=O)c3cc4c(C)cccc4[nH]3)C2)n1. The number of hydrogen-bond acceptors (Lipinski definition) is 5. The van der Waals surface area contributed by atoms with Crippen molar-refractivity contribution in [2.45, 2.75) is 39.5 Å². The molecule has 3 aromatic heterocycles. The number of benzene rings is 1. The van der Waals surface area contributed by atoms with Crippen LogP contribution in [0.15, 0.2) is 42.6 Å². The minimum atomic E-state index is 0.0644. The van der Waals surface area contributed by atoms with Crippen LogP contribution in [-0.4, -0.2) is 38.8 Å². The monoisotopic (exact) mass is 445 g/mol. The van der Waals surface area contributed by atoms with Crippen LogP contribution in [0.2, 0.25) is 0 Å². The number of amides is 1. The Bertz CT molecular complexity index is 1290. The van der Waals surface area contributed by atoms with E-state index in [1.807, 2.05) is 49.2 Å². The Morgan fingerprint density at radius 3 is 2.88 bits per heavy atom. The van der Waals surface area contributed by atoms with Crippen molar-refractivity contribution in [3.8, 4) is 0 Å². The van der Waals surface area contributed by atoms with Crippen LogP contribution in [0.4, 0.5) is 10.8 Å². The van der Waals surface area contributed by atoms with E-state index in [0.29, 0.717) is 12.2 Å². The number of pyridine rings is 1. The summed E-state index contributed by atoms with van der Waals surface area (Å²) >= 11 is 1.64. The fourth-order valence-electron chi connectivity index (χ4n) is 4.51. The smallest absolute Gasteiger partial charge is 0.270 e. The van der Waals surface area contributed by atoms with E-state index < -0.39 is 0 Å². The van der Waals surface area contributed by atoms with E-state index in [4.69, 9.17) is 4.98 Å². The molecule has 6 nitrogen and oxygen atoms in total. The number of anilines is 2. The molecule has 0 radical (unpaired) electrons. The first-order valence-corrected chi connectivity index (χ1v) is 11.8. The number of piperidine rings is 1. The van der Waals surface area contributed by atoms with E-state index in [1.165, 1.54) is 10.4 Å². The van der Waals surface area contributed by atoms with Gasteiger partial charge in [-0.2, -0.15) is 0 Å². The summed E-state index contributed by atoms with van der Waals surface area (Å²) in [5, 5.41) is 5.40. The normalized spacial score (nSPS) is 16.5. The molecule has 1 aromatic carbocycles. The fraction of sp³-hybridized carbons (Fsp3) is 0.320. The average Bonchev–Trinajstić information content (AvgIpc) is 3.40. The lowest BCUT2D eigenvalue weighted by Crippen LogP contribution is -2.39. The zero-order valence-corrected chi connectivity index (χ0v) is 19.4. The molecule has 4 aromatic rings. The number of carbonyl (C=O) groups is 1. The number of hydrogen-bond donors (Lipinski definition) is 2. The van der Waals surface area contributed by atoms with Gasteiger partial charge in [0.15, 0.2) is 5.13 Å². The largest absolute Gasteiger partial charge is 0.351 e. The lowest BCUT2D eigenvalue weighted by Gasteiger charge is -2.32. The summed E-state index contributed by atoms with van der Waals surface area (Å²) in [5.41, 5.74) is 5.84. The van der Waals surface area contributed by atoms with E-state index in [2.05, 4.69) is 34.3 Å². The van der Waals surface area contributed by atoms with Gasteiger partial charge in [-0.3, -0.25) is 9.78 Å². The number of nitrogens with one attached hydrogen (secondary N) is 2. The van der Waals surface area contributed by atoms with Crippen molar-refractivity contribution in [1.29, 1.82) is 0 Å². The number of rotatable bonds is 4. The van der Waals surface area contributed by atoms with E-state index in [-0.39, 0.29) is 11.8 Å². The zero-order chi connectivity index (χ0) is 22.2. The van der Waals surface area contributed by atoms with Crippen molar-refractivity contribution in [3.05, 3.63) is 70.1 Å². The average molecular weight is 446 g/mol. The molecule has 164 valence electrons. The highest BCUT2D eigenvalue weighted by molar-refractivity contribution is 7.15. The maximum absolute atomic E-state index is 13.3. The van der Waals surface area contributed by atoms with Crippen LogP contribution in [0, 0.1) is 20.8 Å². The Balaban J connectivity index is 1.36. The van der Waals surface area contributed by atoms with Crippen molar-refractivity contribution in [3.63, 3.8) is 0 Å². The zero-order valence-electron chi connectivity index (χ0n) is 18.6. The molecular formula is C25H27N5OS. The third-order valence-corrected chi connectivity index (χ3v) is 6.91. The van der Waals surface area contributed by atoms with Crippen LogP contribution in [0.3, 0.4) is 0 Å². The maximum atomic E-state index is 13.3. The third-order valence-electron chi connectivity index (χ3n) is 6.09. The molecular weight excluding hydrogens is 418 g/mol. The highest BCUT2D eigenvalue weighted by atomic mass is 32.1. The third kappa shape index (κ3) is 4.12. The molecule has 0 spiro atoms. The Morgan fingerprint density at radius 1 is 1.22 bits per heavy atom. The molecule has 1 amide bonds. The molecule has 4 heterocycles. The summed E-state index contributed by atoms with van der Waals surface area (Å²) in [5.74, 6) is 0.284. The molecule has 0 saturated carbocycles. The van der Waals surface area contributed by atoms with Gasteiger partial charge in [-0.05, 0) is 63.4 Å². The van der Waals surface area contributed by atoms with E-state index in [0.717, 1.165) is 52.5 Å². The predicted octanol–water partition coefficient (Wildman–Crippen LogP) is 5.71. The number of nitrogens with zero attached hydrogens (tertiary/aromatic N) is 3. The lowest BCUT2D eigenvalue weighted by molar-refractivity contribution is 0.0701. The standard InChI is InChI=1S/C25H27N5OS/c1-15-6-4-8-21-20(15)12-23(29-21)24(31)30-9-5-7-18(14-30)22-11-19(10-16(2)27-22)28-25-26-13-17(3)32-25/h4,6,8,10-13,18,29H,5,7,9,14H2,1-3H3,(H,26,27,28)/t18-/m1/s1. The minimum Gasteiger partial charge on any atom is -0.351 e. The summed E-state index contributed by atoms with van der Waals surface area (Å²) in [7, 11) is 0. The Kier molecular flexibility index (Phi) is 5.43. The molecule has 32 heavy (non-hydrogen) atoms. The molecule has 7 heteroatoms. The van der Waals surface area contributed by atoms with Crippen molar-refractivity contribution < 1.29 is 4.79 Å². The highest BCUT2D eigenvalue weighted by Crippen LogP contribution is 2.30. The molecule has 0 unspecified atom stereocenters. The topological polar surface area (TPSA) is 73.9 Å². The van der Waals surface area contributed by atoms with Crippen molar-refractivity contribution >= 4 is 39.0 Å². The van der Waals surface area contributed by atoms with E-state index in [1.54, 1.807) is 11.3 Å². The van der Waals surface area contributed by atoms with Gasteiger partial charge in [0.1, 0.15) is 5.69 Å². The van der Waals surface area contributed by atoms with Crippen LogP contribution < -0.4 is 5.32 Å². The first-order chi connectivity index (χ1) is 15.5. The highest BCUT2D eigenvalue weighted by Gasteiger charge is 2.27. The number of H-pyrrole nitrogens is 1. The number of thiazole rings is 1. The molecule has 1 fully saturated rings. The van der Waals surface area contributed by atoms with Gasteiger partial charge in [-0.25, -0.2) is 4.98 Å². The summed E-state index contributed by atoms with van der Waals surface area (Å²) < 4.78 is 0. The summed E-state index contributed by atoms with van der Waals surface area (Å²) in [6.07, 6.45) is 3.87. The van der Waals surface area contributed by atoms with Crippen LogP contribution in [0.25, 0.3) is 10.9 Å². The van der Waals surface area contributed by atoms with Gasteiger partial charge in [0.05, 0.1) is 0 Å². The number of likely N-dealkylation sites (tertiary alicyclic amines) is 1. The molecule has 0 bridgehead atoms. The van der Waals surface area contributed by atoms with E-state index in [9.17, 15) is 4.79 Å². The Labute approximate surface area is 191 Å². The fourth-order valence-corrected chi connectivity index (χ4v) is 5.19. The second-order valence-corrected chi connectivity index (χ2v) is 9.87. The van der Waals surface area contributed by atoms with Gasteiger partial charge >= 0.3 is 0 Å². The molecule has 0 aliphatic carbocycles. The van der Waals surface area contributed by atoms with Gasteiger partial charge < -0.3 is 15.2 Å². The van der Waals surface area contributed by atoms with Crippen LogP contribution >= 0.6 is 11.3 Å². The quantitative estimate of drug-likeness (QED) is 0.422. The Hall–Kier alpha value is -3.19. The second-order valence-electron chi connectivity index (χ2n) is 8.63. The number of aryl methyl sites for hydroxylation is 3. The maximum Gasteiger partial charge on any atom is 0.270 e. The van der Waals surface area contributed by atoms with Gasteiger partial charge in [-0.1, -0.05) is 12.1 Å². The molecule has 1 atom stereocenters.